The first-order valence-electron chi connectivity index (χ1n) is 6.88. The molecule has 0 radical (unpaired) electrons. The van der Waals surface area contributed by atoms with Gasteiger partial charge >= 0.3 is 0 Å². The number of rotatable bonds is 6. The summed E-state index contributed by atoms with van der Waals surface area (Å²) in [6, 6.07) is 4.97. The molecule has 0 amide bonds. The van der Waals surface area contributed by atoms with Gasteiger partial charge in [-0.05, 0) is 37.3 Å². The molecule has 1 aliphatic heterocycles. The maximum absolute atomic E-state index is 12.4. The van der Waals surface area contributed by atoms with Gasteiger partial charge in [-0.2, -0.15) is 0 Å². The highest BCUT2D eigenvalue weighted by Crippen LogP contribution is 2.19. The van der Waals surface area contributed by atoms with E-state index in [0.717, 1.165) is 26.1 Å². The van der Waals surface area contributed by atoms with E-state index in [0.29, 0.717) is 23.6 Å². The van der Waals surface area contributed by atoms with Crippen LogP contribution in [0.2, 0.25) is 0 Å². The molecule has 1 aromatic carbocycles. The lowest BCUT2D eigenvalue weighted by Crippen LogP contribution is -2.27. The highest BCUT2D eigenvalue weighted by Gasteiger charge is 2.20. The van der Waals surface area contributed by atoms with E-state index in [1.165, 1.54) is 6.07 Å². The zero-order valence-electron chi connectivity index (χ0n) is 12.0. The molecule has 1 heterocycles. The van der Waals surface area contributed by atoms with Crippen LogP contribution in [0.3, 0.4) is 0 Å². The molecule has 1 aromatic rings. The van der Waals surface area contributed by atoms with Crippen molar-refractivity contribution in [2.24, 2.45) is 11.7 Å². The van der Waals surface area contributed by atoms with E-state index in [1.807, 2.05) is 0 Å². The molecule has 1 saturated heterocycles. The highest BCUT2D eigenvalue weighted by molar-refractivity contribution is 7.89. The molecule has 21 heavy (non-hydrogen) atoms. The van der Waals surface area contributed by atoms with Crippen molar-refractivity contribution in [1.82, 2.24) is 4.72 Å². The van der Waals surface area contributed by atoms with Crippen molar-refractivity contribution in [2.75, 3.05) is 19.8 Å². The van der Waals surface area contributed by atoms with Crippen LogP contribution in [-0.4, -0.2) is 33.2 Å². The second-order valence-electron chi connectivity index (χ2n) is 5.26. The van der Waals surface area contributed by atoms with Gasteiger partial charge in [-0.25, -0.2) is 13.1 Å². The van der Waals surface area contributed by atoms with Crippen molar-refractivity contribution in [1.29, 1.82) is 0 Å². The third-order valence-electron chi connectivity index (χ3n) is 3.63. The Balaban J connectivity index is 2.07. The topological polar surface area (TPSA) is 81.4 Å². The number of sulfonamides is 1. The predicted octanol–water partition coefficient (Wildman–Crippen LogP) is 1.33. The molecular weight excluding hydrogens is 308 g/mol. The maximum atomic E-state index is 12.4. The third kappa shape index (κ3) is 4.23. The first kappa shape index (κ1) is 16.4. The van der Waals surface area contributed by atoms with Crippen LogP contribution in [0.25, 0.3) is 0 Å². The molecule has 5 nitrogen and oxygen atoms in total. The first-order chi connectivity index (χ1) is 9.90. The summed E-state index contributed by atoms with van der Waals surface area (Å²) < 4.78 is 32.7. The summed E-state index contributed by atoms with van der Waals surface area (Å²) in [6.45, 7) is 3.65. The van der Waals surface area contributed by atoms with Gasteiger partial charge in [0.15, 0.2) is 0 Å². The van der Waals surface area contributed by atoms with E-state index in [4.69, 9.17) is 22.7 Å². The van der Waals surface area contributed by atoms with Crippen LogP contribution in [0.5, 0.6) is 0 Å². The Morgan fingerprint density at radius 1 is 1.52 bits per heavy atom. The zero-order chi connectivity index (χ0) is 15.5. The molecule has 0 saturated carbocycles. The molecule has 1 unspecified atom stereocenters. The lowest BCUT2D eigenvalue weighted by atomic mass is 10.1. The van der Waals surface area contributed by atoms with Gasteiger partial charge in [-0.3, -0.25) is 0 Å². The Bertz CT molecular complexity index is 623. The van der Waals surface area contributed by atoms with E-state index in [1.54, 1.807) is 19.1 Å². The molecule has 1 aliphatic rings. The minimum Gasteiger partial charge on any atom is -0.389 e. The number of nitrogens with two attached hydrogens (primary N) is 1. The number of aryl methyl sites for hydroxylation is 1. The second kappa shape index (κ2) is 6.83. The number of thiocarbonyl (C=S) groups is 1. The van der Waals surface area contributed by atoms with Gasteiger partial charge < -0.3 is 10.5 Å². The predicted molar refractivity (Wildman–Crippen MR) is 85.8 cm³/mol. The number of nitrogens with one attached hydrogen (secondary N) is 1. The minimum absolute atomic E-state index is 0.189. The number of benzene rings is 1. The molecule has 3 N–H and O–H groups in total. The van der Waals surface area contributed by atoms with E-state index in [-0.39, 0.29) is 9.88 Å². The standard InChI is InChI=1S/C14H20N2O3S2/c1-10-2-3-12(14(15)20)8-13(10)21(17,18)16-6-4-11-5-7-19-9-11/h2-3,8,11,16H,4-7,9H2,1H3,(H2,15,20). The molecule has 2 rings (SSSR count). The van der Waals surface area contributed by atoms with Crippen molar-refractivity contribution in [2.45, 2.75) is 24.7 Å². The fraction of sp³-hybridized carbons (Fsp3) is 0.500. The summed E-state index contributed by atoms with van der Waals surface area (Å²) in [5.41, 5.74) is 6.79. The van der Waals surface area contributed by atoms with E-state index in [2.05, 4.69) is 4.72 Å². The Hall–Kier alpha value is -1.02. The highest BCUT2D eigenvalue weighted by atomic mass is 32.2. The van der Waals surface area contributed by atoms with E-state index in [9.17, 15) is 8.42 Å². The molecule has 0 aliphatic carbocycles. The minimum atomic E-state index is -3.54. The molecule has 1 atom stereocenters. The summed E-state index contributed by atoms with van der Waals surface area (Å²) in [5, 5.41) is 0. The quantitative estimate of drug-likeness (QED) is 0.770. The smallest absolute Gasteiger partial charge is 0.240 e. The Labute approximate surface area is 130 Å². The molecule has 7 heteroatoms. The summed E-state index contributed by atoms with van der Waals surface area (Å²) in [4.78, 5) is 0.421. The fourth-order valence-corrected chi connectivity index (χ4v) is 3.77. The lowest BCUT2D eigenvalue weighted by molar-refractivity contribution is 0.184. The van der Waals surface area contributed by atoms with Crippen LogP contribution < -0.4 is 10.5 Å². The van der Waals surface area contributed by atoms with Gasteiger partial charge in [0.2, 0.25) is 10.0 Å². The summed E-state index contributed by atoms with van der Waals surface area (Å²) in [6.07, 6.45) is 1.78. The van der Waals surface area contributed by atoms with E-state index >= 15 is 0 Å². The lowest BCUT2D eigenvalue weighted by Gasteiger charge is -2.12. The van der Waals surface area contributed by atoms with Gasteiger partial charge in [0.1, 0.15) is 4.99 Å². The monoisotopic (exact) mass is 328 g/mol. The van der Waals surface area contributed by atoms with Crippen molar-refractivity contribution < 1.29 is 13.2 Å². The summed E-state index contributed by atoms with van der Waals surface area (Å²) in [5.74, 6) is 0.441. The molecule has 116 valence electrons. The second-order valence-corrected chi connectivity index (χ2v) is 7.44. The van der Waals surface area contributed by atoms with Crippen molar-refractivity contribution in [3.05, 3.63) is 29.3 Å². The van der Waals surface area contributed by atoms with Crippen LogP contribution in [0.4, 0.5) is 0 Å². The van der Waals surface area contributed by atoms with Crippen molar-refractivity contribution in [3.63, 3.8) is 0 Å². The first-order valence-corrected chi connectivity index (χ1v) is 8.77. The Kier molecular flexibility index (Phi) is 5.32. The molecule has 0 spiro atoms. The van der Waals surface area contributed by atoms with Crippen LogP contribution in [0.1, 0.15) is 24.0 Å². The number of hydrogen-bond acceptors (Lipinski definition) is 4. The average Bonchev–Trinajstić information content (AvgIpc) is 2.91. The SMILES string of the molecule is Cc1ccc(C(N)=S)cc1S(=O)(=O)NCCC1CCOC1. The summed E-state index contributed by atoms with van der Waals surface area (Å²) >= 11 is 4.90. The van der Waals surface area contributed by atoms with Gasteiger partial charge in [0, 0.05) is 25.3 Å². The van der Waals surface area contributed by atoms with Crippen LogP contribution >= 0.6 is 12.2 Å². The third-order valence-corrected chi connectivity index (χ3v) is 5.47. The summed E-state index contributed by atoms with van der Waals surface area (Å²) in [7, 11) is -3.54. The Morgan fingerprint density at radius 3 is 2.90 bits per heavy atom. The number of hydrogen-bond donors (Lipinski definition) is 2. The number of ether oxygens (including phenoxy) is 1. The maximum Gasteiger partial charge on any atom is 0.240 e. The van der Waals surface area contributed by atoms with E-state index < -0.39 is 10.0 Å². The molecule has 1 fully saturated rings. The van der Waals surface area contributed by atoms with Gasteiger partial charge in [-0.1, -0.05) is 24.4 Å². The van der Waals surface area contributed by atoms with Crippen molar-refractivity contribution in [3.8, 4) is 0 Å². The average molecular weight is 328 g/mol. The molecule has 0 bridgehead atoms. The molecule has 0 aromatic heterocycles. The van der Waals surface area contributed by atoms with Crippen molar-refractivity contribution >= 4 is 27.2 Å². The van der Waals surface area contributed by atoms with Crippen LogP contribution in [-0.2, 0) is 14.8 Å². The van der Waals surface area contributed by atoms with Gasteiger partial charge in [0.25, 0.3) is 0 Å². The van der Waals surface area contributed by atoms with Crippen LogP contribution in [0, 0.1) is 12.8 Å². The van der Waals surface area contributed by atoms with Gasteiger partial charge in [0.05, 0.1) is 4.90 Å². The van der Waals surface area contributed by atoms with Crippen LogP contribution in [0.15, 0.2) is 23.1 Å². The largest absolute Gasteiger partial charge is 0.389 e. The zero-order valence-corrected chi connectivity index (χ0v) is 13.6. The Morgan fingerprint density at radius 2 is 2.29 bits per heavy atom. The molecular formula is C14H20N2O3S2. The normalized spacial score (nSPS) is 18.8. The fourth-order valence-electron chi connectivity index (χ4n) is 2.33. The van der Waals surface area contributed by atoms with Gasteiger partial charge in [-0.15, -0.1) is 0 Å².